The monoisotopic (exact) mass is 359 g/mol. The predicted molar refractivity (Wildman–Crippen MR) is 94.9 cm³/mol. The maximum absolute atomic E-state index is 13.1. The van der Waals surface area contributed by atoms with Crippen molar-refractivity contribution in [2.75, 3.05) is 33.9 Å². The lowest BCUT2D eigenvalue weighted by Gasteiger charge is -2.33. The first-order valence-corrected chi connectivity index (χ1v) is 8.46. The third-order valence-corrected chi connectivity index (χ3v) is 4.46. The Hall–Kier alpha value is -2.60. The van der Waals surface area contributed by atoms with E-state index in [4.69, 9.17) is 14.2 Å². The van der Waals surface area contributed by atoms with Crippen LogP contribution < -0.4 is 9.47 Å². The van der Waals surface area contributed by atoms with Gasteiger partial charge in [-0.15, -0.1) is 0 Å². The van der Waals surface area contributed by atoms with E-state index in [1.165, 1.54) is 12.1 Å². The zero-order chi connectivity index (χ0) is 18.5. The Morgan fingerprint density at radius 3 is 2.58 bits per heavy atom. The summed E-state index contributed by atoms with van der Waals surface area (Å²) in [5.41, 5.74) is 1.73. The summed E-state index contributed by atoms with van der Waals surface area (Å²) in [6.45, 7) is 1.46. The van der Waals surface area contributed by atoms with Gasteiger partial charge in [0.1, 0.15) is 11.9 Å². The Bertz CT molecular complexity index is 763. The van der Waals surface area contributed by atoms with Crippen molar-refractivity contribution in [1.82, 2.24) is 4.90 Å². The highest BCUT2D eigenvalue weighted by Gasteiger charge is 2.25. The first kappa shape index (κ1) is 18.2. The summed E-state index contributed by atoms with van der Waals surface area (Å²) >= 11 is 0. The molecule has 26 heavy (non-hydrogen) atoms. The van der Waals surface area contributed by atoms with Gasteiger partial charge in [0.25, 0.3) is 0 Å². The lowest BCUT2D eigenvalue weighted by atomic mass is 10.1. The lowest BCUT2D eigenvalue weighted by Crippen LogP contribution is -2.43. The number of ether oxygens (including phenoxy) is 3. The van der Waals surface area contributed by atoms with Gasteiger partial charge in [0.05, 0.1) is 33.8 Å². The number of carbonyl (C=O) groups is 1. The van der Waals surface area contributed by atoms with E-state index in [1.807, 2.05) is 12.1 Å². The fourth-order valence-electron chi connectivity index (χ4n) is 3.03. The van der Waals surface area contributed by atoms with Crippen molar-refractivity contribution in [2.45, 2.75) is 12.5 Å². The van der Waals surface area contributed by atoms with Crippen LogP contribution in [0.2, 0.25) is 0 Å². The van der Waals surface area contributed by atoms with E-state index >= 15 is 0 Å². The zero-order valence-corrected chi connectivity index (χ0v) is 14.9. The molecule has 1 aliphatic rings. The summed E-state index contributed by atoms with van der Waals surface area (Å²) in [5.74, 6) is 0.967. The molecule has 1 aliphatic heterocycles. The van der Waals surface area contributed by atoms with Crippen LogP contribution in [0.5, 0.6) is 11.5 Å². The molecular formula is C20H22FNO4. The minimum atomic E-state index is -0.286. The topological polar surface area (TPSA) is 48.0 Å². The fourth-order valence-corrected chi connectivity index (χ4v) is 3.03. The minimum absolute atomic E-state index is 0.0210. The Morgan fingerprint density at radius 2 is 1.88 bits per heavy atom. The predicted octanol–water partition coefficient (Wildman–Crippen LogP) is 2.99. The minimum Gasteiger partial charge on any atom is -0.493 e. The first-order valence-electron chi connectivity index (χ1n) is 8.46. The Labute approximate surface area is 152 Å². The van der Waals surface area contributed by atoms with Crippen LogP contribution in [0.4, 0.5) is 4.39 Å². The van der Waals surface area contributed by atoms with E-state index in [9.17, 15) is 9.18 Å². The molecular weight excluding hydrogens is 337 g/mol. The lowest BCUT2D eigenvalue weighted by molar-refractivity contribution is -0.138. The summed E-state index contributed by atoms with van der Waals surface area (Å²) in [7, 11) is 3.14. The van der Waals surface area contributed by atoms with Crippen LogP contribution in [-0.4, -0.2) is 44.7 Å². The van der Waals surface area contributed by atoms with Crippen molar-refractivity contribution in [2.24, 2.45) is 0 Å². The van der Waals surface area contributed by atoms with E-state index in [0.717, 1.165) is 11.1 Å². The van der Waals surface area contributed by atoms with Crippen LogP contribution in [-0.2, 0) is 16.0 Å². The van der Waals surface area contributed by atoms with E-state index < -0.39 is 0 Å². The second kappa shape index (κ2) is 8.19. The smallest absolute Gasteiger partial charge is 0.227 e. The molecule has 0 radical (unpaired) electrons. The Kier molecular flexibility index (Phi) is 5.73. The van der Waals surface area contributed by atoms with Crippen molar-refractivity contribution < 1.29 is 23.4 Å². The highest BCUT2D eigenvalue weighted by molar-refractivity contribution is 5.79. The van der Waals surface area contributed by atoms with E-state index in [2.05, 4.69) is 0 Å². The molecule has 138 valence electrons. The molecule has 1 saturated heterocycles. The van der Waals surface area contributed by atoms with Crippen molar-refractivity contribution in [3.05, 3.63) is 59.4 Å². The zero-order valence-electron chi connectivity index (χ0n) is 14.9. The van der Waals surface area contributed by atoms with Crippen molar-refractivity contribution >= 4 is 5.91 Å². The van der Waals surface area contributed by atoms with Gasteiger partial charge in [-0.1, -0.05) is 18.2 Å². The standard InChI is InChI=1S/C20H22FNO4/c1-24-17-8-3-14(11-18(17)25-2)12-20(23)22-9-10-26-19(13-22)15-4-6-16(21)7-5-15/h3-8,11,19H,9-10,12-13H2,1-2H3. The Morgan fingerprint density at radius 1 is 1.15 bits per heavy atom. The molecule has 0 N–H and O–H groups in total. The van der Waals surface area contributed by atoms with Gasteiger partial charge in [-0.3, -0.25) is 4.79 Å². The van der Waals surface area contributed by atoms with Crippen molar-refractivity contribution in [1.29, 1.82) is 0 Å². The molecule has 1 heterocycles. The van der Waals surface area contributed by atoms with Crippen molar-refractivity contribution in [3.8, 4) is 11.5 Å². The number of rotatable bonds is 5. The van der Waals surface area contributed by atoms with Gasteiger partial charge in [-0.25, -0.2) is 4.39 Å². The molecule has 1 atom stereocenters. The first-order chi connectivity index (χ1) is 12.6. The van der Waals surface area contributed by atoms with Crippen LogP contribution in [0.25, 0.3) is 0 Å². The SMILES string of the molecule is COc1ccc(CC(=O)N2CCOC(c3ccc(F)cc3)C2)cc1OC. The number of hydrogen-bond acceptors (Lipinski definition) is 4. The fraction of sp³-hybridized carbons (Fsp3) is 0.350. The summed E-state index contributed by atoms with van der Waals surface area (Å²) < 4.78 is 29.3. The molecule has 0 saturated carbocycles. The normalized spacial score (nSPS) is 17.0. The van der Waals surface area contributed by atoms with Crippen LogP contribution in [0.3, 0.4) is 0 Å². The third-order valence-electron chi connectivity index (χ3n) is 4.46. The molecule has 1 unspecified atom stereocenters. The van der Waals surface area contributed by atoms with Crippen molar-refractivity contribution in [3.63, 3.8) is 0 Å². The molecule has 1 amide bonds. The highest BCUT2D eigenvalue weighted by atomic mass is 19.1. The van der Waals surface area contributed by atoms with Gasteiger partial charge >= 0.3 is 0 Å². The number of amides is 1. The summed E-state index contributed by atoms with van der Waals surface area (Å²) in [6, 6.07) is 11.7. The number of methoxy groups -OCH3 is 2. The molecule has 3 rings (SSSR count). The molecule has 5 nitrogen and oxygen atoms in total. The largest absolute Gasteiger partial charge is 0.493 e. The summed E-state index contributed by atoms with van der Waals surface area (Å²) in [5, 5.41) is 0. The highest BCUT2D eigenvalue weighted by Crippen LogP contribution is 2.28. The van der Waals surface area contributed by atoms with Crippen LogP contribution in [0.1, 0.15) is 17.2 Å². The molecule has 0 spiro atoms. The maximum Gasteiger partial charge on any atom is 0.227 e. The number of hydrogen-bond donors (Lipinski definition) is 0. The van der Waals surface area contributed by atoms with Gasteiger partial charge < -0.3 is 19.1 Å². The van der Waals surface area contributed by atoms with Crippen LogP contribution in [0.15, 0.2) is 42.5 Å². The molecule has 2 aromatic rings. The van der Waals surface area contributed by atoms with Crippen LogP contribution >= 0.6 is 0 Å². The van der Waals surface area contributed by atoms with E-state index in [-0.39, 0.29) is 24.2 Å². The second-order valence-corrected chi connectivity index (χ2v) is 6.12. The summed E-state index contributed by atoms with van der Waals surface area (Å²) in [4.78, 5) is 14.5. The van der Waals surface area contributed by atoms with Gasteiger partial charge in [-0.05, 0) is 35.4 Å². The van der Waals surface area contributed by atoms with Gasteiger partial charge in [0, 0.05) is 6.54 Å². The molecule has 0 aromatic heterocycles. The Balaban J connectivity index is 1.66. The number of nitrogens with zero attached hydrogens (tertiary/aromatic N) is 1. The average molecular weight is 359 g/mol. The van der Waals surface area contributed by atoms with E-state index in [0.29, 0.717) is 31.2 Å². The van der Waals surface area contributed by atoms with Gasteiger partial charge in [0.2, 0.25) is 5.91 Å². The van der Waals surface area contributed by atoms with Gasteiger partial charge in [0.15, 0.2) is 11.5 Å². The number of morpholine rings is 1. The molecule has 6 heteroatoms. The number of carbonyl (C=O) groups excluding carboxylic acids is 1. The molecule has 1 fully saturated rings. The van der Waals surface area contributed by atoms with Gasteiger partial charge in [-0.2, -0.15) is 0 Å². The maximum atomic E-state index is 13.1. The molecule has 2 aromatic carbocycles. The van der Waals surface area contributed by atoms with Crippen LogP contribution in [0, 0.1) is 5.82 Å². The molecule has 0 aliphatic carbocycles. The number of halogens is 1. The van der Waals surface area contributed by atoms with E-state index in [1.54, 1.807) is 37.3 Å². The second-order valence-electron chi connectivity index (χ2n) is 6.12. The quantitative estimate of drug-likeness (QED) is 0.824. The third kappa shape index (κ3) is 4.14. The number of benzene rings is 2. The summed E-state index contributed by atoms with van der Waals surface area (Å²) in [6.07, 6.45) is 0.0370. The molecule has 0 bridgehead atoms. The average Bonchev–Trinajstić information content (AvgIpc) is 2.68.